The Labute approximate surface area is 92.8 Å². The van der Waals surface area contributed by atoms with Crippen LogP contribution in [0.25, 0.3) is 0 Å². The number of carbonyl (C=O) groups is 2. The van der Waals surface area contributed by atoms with Gasteiger partial charge in [-0.3, -0.25) is 0 Å². The van der Waals surface area contributed by atoms with Crippen molar-refractivity contribution in [3.8, 4) is 0 Å². The fraction of sp³-hybridized carbons (Fsp3) is 0.0909. The van der Waals surface area contributed by atoms with E-state index >= 15 is 0 Å². The molecule has 0 heterocycles. The second-order valence-electron chi connectivity index (χ2n) is 2.70. The lowest BCUT2D eigenvalue weighted by Crippen LogP contribution is -1.94. The van der Waals surface area contributed by atoms with Crippen molar-refractivity contribution in [2.24, 2.45) is 5.73 Å². The fourth-order valence-corrected chi connectivity index (χ4v) is 0.757. The highest BCUT2D eigenvalue weighted by molar-refractivity contribution is 5.89. The van der Waals surface area contributed by atoms with E-state index < -0.39 is 11.9 Å². The number of nitrogens with two attached hydrogens (primary N) is 1. The summed E-state index contributed by atoms with van der Waals surface area (Å²) < 4.78 is 0. The third-order valence-corrected chi connectivity index (χ3v) is 1.45. The molecule has 1 aromatic carbocycles. The van der Waals surface area contributed by atoms with Crippen molar-refractivity contribution >= 4 is 11.9 Å². The second kappa shape index (κ2) is 8.19. The smallest absolute Gasteiger partial charge is 0.328 e. The molecule has 86 valence electrons. The first-order chi connectivity index (χ1) is 7.56. The molecule has 0 radical (unpaired) electrons. The summed E-state index contributed by atoms with van der Waals surface area (Å²) in [7, 11) is 0. The molecule has 0 fully saturated rings. The zero-order valence-corrected chi connectivity index (χ0v) is 8.54. The van der Waals surface area contributed by atoms with Crippen molar-refractivity contribution < 1.29 is 19.8 Å². The zero-order chi connectivity index (χ0) is 12.4. The van der Waals surface area contributed by atoms with Gasteiger partial charge in [-0.05, 0) is 5.56 Å². The van der Waals surface area contributed by atoms with Gasteiger partial charge in [-0.15, -0.1) is 0 Å². The minimum absolute atomic E-state index is 0.558. The van der Waals surface area contributed by atoms with Crippen LogP contribution < -0.4 is 5.73 Å². The lowest BCUT2D eigenvalue weighted by atomic mass is 10.2. The Bertz CT molecular complexity index is 344. The minimum Gasteiger partial charge on any atom is -0.478 e. The largest absolute Gasteiger partial charge is 0.478 e. The van der Waals surface area contributed by atoms with Gasteiger partial charge in [0, 0.05) is 18.7 Å². The Hall–Kier alpha value is -2.14. The van der Waals surface area contributed by atoms with Crippen LogP contribution in [0.1, 0.15) is 5.56 Å². The normalized spacial score (nSPS) is 9.31. The average Bonchev–Trinajstić information content (AvgIpc) is 2.28. The number of aliphatic carboxylic acids is 2. The van der Waals surface area contributed by atoms with E-state index in [-0.39, 0.29) is 0 Å². The predicted octanol–water partition coefficient (Wildman–Crippen LogP) is 0.857. The van der Waals surface area contributed by atoms with Crippen LogP contribution in [0.2, 0.25) is 0 Å². The molecule has 5 nitrogen and oxygen atoms in total. The summed E-state index contributed by atoms with van der Waals surface area (Å²) in [6.45, 7) is 0.640. The minimum atomic E-state index is -1.26. The number of rotatable bonds is 3. The Morgan fingerprint density at radius 3 is 1.75 bits per heavy atom. The van der Waals surface area contributed by atoms with Gasteiger partial charge >= 0.3 is 11.9 Å². The van der Waals surface area contributed by atoms with E-state index in [0.717, 1.165) is 0 Å². The SMILES string of the molecule is NCc1ccccc1.O=C(O)C=CC(=O)O. The lowest BCUT2D eigenvalue weighted by molar-refractivity contribution is -0.134. The molecule has 16 heavy (non-hydrogen) atoms. The molecule has 0 saturated carbocycles. The predicted molar refractivity (Wildman–Crippen MR) is 58.7 cm³/mol. The molecule has 0 amide bonds. The molecule has 0 aliphatic rings. The van der Waals surface area contributed by atoms with Gasteiger partial charge in [0.05, 0.1) is 0 Å². The molecule has 4 N–H and O–H groups in total. The van der Waals surface area contributed by atoms with Crippen LogP contribution >= 0.6 is 0 Å². The molecular formula is C11H13NO4. The Kier molecular flexibility index (Phi) is 7.10. The summed E-state index contributed by atoms with van der Waals surface area (Å²) in [4.78, 5) is 19.1. The first kappa shape index (κ1) is 13.9. The second-order valence-corrected chi connectivity index (χ2v) is 2.70. The van der Waals surface area contributed by atoms with Crippen molar-refractivity contribution in [2.75, 3.05) is 0 Å². The standard InChI is InChI=1S/C7H9N.C4H4O4/c8-6-7-4-2-1-3-5-7;5-3(6)1-2-4(7)8/h1-5H,6,8H2;1-2H,(H,5,6)(H,7,8). The number of hydrogen-bond donors (Lipinski definition) is 3. The van der Waals surface area contributed by atoms with E-state index in [0.29, 0.717) is 18.7 Å². The highest BCUT2D eigenvalue weighted by Gasteiger charge is 1.88. The molecule has 0 spiro atoms. The third kappa shape index (κ3) is 8.46. The van der Waals surface area contributed by atoms with Gasteiger partial charge in [0.2, 0.25) is 0 Å². The van der Waals surface area contributed by atoms with Gasteiger partial charge in [0.1, 0.15) is 0 Å². The summed E-state index contributed by atoms with van der Waals surface area (Å²) >= 11 is 0. The van der Waals surface area contributed by atoms with Crippen LogP contribution in [0.15, 0.2) is 42.5 Å². The Morgan fingerprint density at radius 2 is 1.50 bits per heavy atom. The first-order valence-electron chi connectivity index (χ1n) is 4.44. The molecule has 1 rings (SSSR count). The first-order valence-corrected chi connectivity index (χ1v) is 4.44. The van der Waals surface area contributed by atoms with E-state index in [2.05, 4.69) is 0 Å². The quantitative estimate of drug-likeness (QED) is 0.660. The van der Waals surface area contributed by atoms with Crippen molar-refractivity contribution in [1.82, 2.24) is 0 Å². The maximum atomic E-state index is 9.55. The number of benzene rings is 1. The summed E-state index contributed by atoms with van der Waals surface area (Å²) in [5, 5.41) is 15.6. The molecule has 0 aliphatic carbocycles. The number of carboxylic acid groups (broad SMARTS) is 2. The molecular weight excluding hydrogens is 210 g/mol. The van der Waals surface area contributed by atoms with Gasteiger partial charge in [-0.25, -0.2) is 9.59 Å². The lowest BCUT2D eigenvalue weighted by Gasteiger charge is -1.90. The van der Waals surface area contributed by atoms with Crippen molar-refractivity contribution in [1.29, 1.82) is 0 Å². The van der Waals surface area contributed by atoms with Crippen LogP contribution in [0.3, 0.4) is 0 Å². The average molecular weight is 223 g/mol. The highest BCUT2D eigenvalue weighted by Crippen LogP contribution is 1.94. The van der Waals surface area contributed by atoms with E-state index in [9.17, 15) is 9.59 Å². The van der Waals surface area contributed by atoms with Gasteiger partial charge in [0.15, 0.2) is 0 Å². The summed E-state index contributed by atoms with van der Waals surface area (Å²) in [5.41, 5.74) is 6.54. The van der Waals surface area contributed by atoms with Crippen LogP contribution in [-0.2, 0) is 16.1 Å². The molecule has 0 atom stereocenters. The Morgan fingerprint density at radius 1 is 1.06 bits per heavy atom. The van der Waals surface area contributed by atoms with Gasteiger partial charge in [-0.2, -0.15) is 0 Å². The van der Waals surface area contributed by atoms with Crippen molar-refractivity contribution in [3.05, 3.63) is 48.0 Å². The summed E-state index contributed by atoms with van der Waals surface area (Å²) in [5.74, 6) is -2.51. The monoisotopic (exact) mass is 223 g/mol. The molecule has 0 bridgehead atoms. The summed E-state index contributed by atoms with van der Waals surface area (Å²) in [6, 6.07) is 9.99. The number of hydrogen-bond acceptors (Lipinski definition) is 3. The van der Waals surface area contributed by atoms with Crippen LogP contribution in [0, 0.1) is 0 Å². The third-order valence-electron chi connectivity index (χ3n) is 1.45. The van der Waals surface area contributed by atoms with E-state index in [4.69, 9.17) is 15.9 Å². The van der Waals surface area contributed by atoms with E-state index in [1.54, 1.807) is 0 Å². The molecule has 0 aliphatic heterocycles. The van der Waals surface area contributed by atoms with Gasteiger partial charge < -0.3 is 15.9 Å². The molecule has 0 saturated heterocycles. The van der Waals surface area contributed by atoms with Crippen LogP contribution in [-0.4, -0.2) is 22.2 Å². The molecule has 0 unspecified atom stereocenters. The van der Waals surface area contributed by atoms with Crippen LogP contribution in [0.4, 0.5) is 0 Å². The van der Waals surface area contributed by atoms with Gasteiger partial charge in [-0.1, -0.05) is 30.3 Å². The fourth-order valence-electron chi connectivity index (χ4n) is 0.757. The molecule has 5 heteroatoms. The van der Waals surface area contributed by atoms with Gasteiger partial charge in [0.25, 0.3) is 0 Å². The maximum absolute atomic E-state index is 9.55. The summed E-state index contributed by atoms with van der Waals surface area (Å²) in [6.07, 6.45) is 1.12. The zero-order valence-electron chi connectivity index (χ0n) is 8.54. The molecule has 0 aromatic heterocycles. The maximum Gasteiger partial charge on any atom is 0.328 e. The Balaban J connectivity index is 0.000000281. The molecule has 1 aromatic rings. The number of carboxylic acids is 2. The van der Waals surface area contributed by atoms with Crippen molar-refractivity contribution in [3.63, 3.8) is 0 Å². The van der Waals surface area contributed by atoms with E-state index in [1.165, 1.54) is 5.56 Å². The van der Waals surface area contributed by atoms with Crippen molar-refractivity contribution in [2.45, 2.75) is 6.54 Å². The topological polar surface area (TPSA) is 101 Å². The van der Waals surface area contributed by atoms with E-state index in [1.807, 2.05) is 30.3 Å². The van der Waals surface area contributed by atoms with Crippen LogP contribution in [0.5, 0.6) is 0 Å². The highest BCUT2D eigenvalue weighted by atomic mass is 16.4.